The largest absolute Gasteiger partial charge is 0.337 e. The Balaban J connectivity index is 2.43. The van der Waals surface area contributed by atoms with E-state index < -0.39 is 5.82 Å². The lowest BCUT2D eigenvalue weighted by Crippen LogP contribution is -2.02. The number of nitrogens with one attached hydrogen (secondary N) is 1. The van der Waals surface area contributed by atoms with Gasteiger partial charge in [-0.2, -0.15) is 5.26 Å². The Bertz CT molecular complexity index is 679. The summed E-state index contributed by atoms with van der Waals surface area (Å²) >= 11 is 5.86. The highest BCUT2D eigenvalue weighted by molar-refractivity contribution is 6.30. The number of benzene rings is 1. The normalized spacial score (nSPS) is 10.1. The van der Waals surface area contributed by atoms with Crippen LogP contribution in [-0.4, -0.2) is 10.2 Å². The Morgan fingerprint density at radius 2 is 2.00 bits per heavy atom. The van der Waals surface area contributed by atoms with Crippen molar-refractivity contribution in [3.05, 3.63) is 45.9 Å². The van der Waals surface area contributed by atoms with Gasteiger partial charge in [-0.3, -0.25) is 0 Å². The van der Waals surface area contributed by atoms with Crippen LogP contribution in [0.2, 0.25) is 5.15 Å². The number of rotatable bonds is 2. The fourth-order valence-electron chi connectivity index (χ4n) is 1.54. The van der Waals surface area contributed by atoms with Crippen LogP contribution in [0.25, 0.3) is 0 Å². The fraction of sp³-hybridized carbons (Fsp3) is 0.154. The number of anilines is 2. The summed E-state index contributed by atoms with van der Waals surface area (Å²) in [6.07, 6.45) is 0. The molecule has 0 amide bonds. The lowest BCUT2D eigenvalue weighted by molar-refractivity contribution is 0.627. The smallest absolute Gasteiger partial charge is 0.156 e. The lowest BCUT2D eigenvalue weighted by Gasteiger charge is -2.11. The standard InChI is InChI=1S/C13H10ClFN4/c1-7-8(2)13(19-18-12(7)14)17-11-4-3-10(15)5-9(11)6-16/h3-5H,1-2H3,(H,17,19). The zero-order chi connectivity index (χ0) is 14.0. The summed E-state index contributed by atoms with van der Waals surface area (Å²) in [6.45, 7) is 3.67. The van der Waals surface area contributed by atoms with Gasteiger partial charge in [-0.15, -0.1) is 10.2 Å². The Morgan fingerprint density at radius 3 is 2.68 bits per heavy atom. The molecule has 0 saturated carbocycles. The van der Waals surface area contributed by atoms with Crippen molar-refractivity contribution in [1.29, 1.82) is 5.26 Å². The van der Waals surface area contributed by atoms with E-state index in [1.54, 1.807) is 0 Å². The van der Waals surface area contributed by atoms with Gasteiger partial charge in [0.25, 0.3) is 0 Å². The summed E-state index contributed by atoms with van der Waals surface area (Å²) in [5, 5.41) is 20.0. The van der Waals surface area contributed by atoms with Crippen LogP contribution in [0, 0.1) is 31.0 Å². The van der Waals surface area contributed by atoms with Gasteiger partial charge in [-0.1, -0.05) is 11.6 Å². The molecule has 96 valence electrons. The SMILES string of the molecule is Cc1c(Cl)nnc(Nc2ccc(F)cc2C#N)c1C. The Kier molecular flexibility index (Phi) is 3.63. The predicted octanol–water partition coefficient (Wildman–Crippen LogP) is 3.50. The van der Waals surface area contributed by atoms with Crippen molar-refractivity contribution in [2.45, 2.75) is 13.8 Å². The molecule has 0 aliphatic carbocycles. The molecule has 1 heterocycles. The topological polar surface area (TPSA) is 61.6 Å². The maximum Gasteiger partial charge on any atom is 0.156 e. The van der Waals surface area contributed by atoms with Gasteiger partial charge in [-0.25, -0.2) is 4.39 Å². The van der Waals surface area contributed by atoms with Crippen LogP contribution in [0.5, 0.6) is 0 Å². The van der Waals surface area contributed by atoms with E-state index in [1.807, 2.05) is 19.9 Å². The van der Waals surface area contributed by atoms with Gasteiger partial charge in [0.15, 0.2) is 11.0 Å². The minimum absolute atomic E-state index is 0.203. The van der Waals surface area contributed by atoms with E-state index in [9.17, 15) is 4.39 Å². The van der Waals surface area contributed by atoms with E-state index in [4.69, 9.17) is 16.9 Å². The van der Waals surface area contributed by atoms with Crippen LogP contribution in [0.3, 0.4) is 0 Å². The van der Waals surface area contributed by atoms with Gasteiger partial charge >= 0.3 is 0 Å². The summed E-state index contributed by atoms with van der Waals surface area (Å²) in [6, 6.07) is 5.84. The average Bonchev–Trinajstić information content (AvgIpc) is 2.41. The van der Waals surface area contributed by atoms with Crippen molar-refractivity contribution < 1.29 is 4.39 Å². The van der Waals surface area contributed by atoms with E-state index >= 15 is 0 Å². The van der Waals surface area contributed by atoms with Crippen LogP contribution >= 0.6 is 11.6 Å². The summed E-state index contributed by atoms with van der Waals surface area (Å²) in [7, 11) is 0. The van der Waals surface area contributed by atoms with Gasteiger partial charge in [0.2, 0.25) is 0 Å². The predicted molar refractivity (Wildman–Crippen MR) is 70.9 cm³/mol. The van der Waals surface area contributed by atoms with E-state index in [1.165, 1.54) is 12.1 Å². The van der Waals surface area contributed by atoms with E-state index in [0.717, 1.165) is 17.2 Å². The van der Waals surface area contributed by atoms with Gasteiger partial charge < -0.3 is 5.32 Å². The van der Waals surface area contributed by atoms with Crippen LogP contribution < -0.4 is 5.32 Å². The van der Waals surface area contributed by atoms with Gasteiger partial charge in [0.05, 0.1) is 11.3 Å². The number of hydrogen-bond donors (Lipinski definition) is 1. The fourth-order valence-corrected chi connectivity index (χ4v) is 1.72. The zero-order valence-corrected chi connectivity index (χ0v) is 11.1. The van der Waals surface area contributed by atoms with Gasteiger partial charge in [0.1, 0.15) is 11.9 Å². The second kappa shape index (κ2) is 5.21. The number of halogens is 2. The third kappa shape index (κ3) is 2.64. The second-order valence-corrected chi connectivity index (χ2v) is 4.37. The summed E-state index contributed by atoms with van der Waals surface area (Å²) < 4.78 is 13.0. The molecule has 0 aliphatic rings. The molecule has 0 unspecified atom stereocenters. The molecule has 0 spiro atoms. The van der Waals surface area contributed by atoms with E-state index in [2.05, 4.69) is 15.5 Å². The van der Waals surface area contributed by atoms with Crippen molar-refractivity contribution in [3.63, 3.8) is 0 Å². The molecule has 19 heavy (non-hydrogen) atoms. The van der Waals surface area contributed by atoms with Crippen LogP contribution in [-0.2, 0) is 0 Å². The highest BCUT2D eigenvalue weighted by Crippen LogP contribution is 2.25. The first-order valence-corrected chi connectivity index (χ1v) is 5.86. The molecule has 0 aliphatic heterocycles. The Morgan fingerprint density at radius 1 is 1.26 bits per heavy atom. The number of nitriles is 1. The first kappa shape index (κ1) is 13.2. The molecule has 0 bridgehead atoms. The molecule has 0 saturated heterocycles. The highest BCUT2D eigenvalue weighted by atomic mass is 35.5. The molecule has 2 aromatic rings. The minimum atomic E-state index is -0.461. The van der Waals surface area contributed by atoms with Crippen molar-refractivity contribution in [2.75, 3.05) is 5.32 Å². The molecular weight excluding hydrogens is 267 g/mol. The number of hydrogen-bond acceptors (Lipinski definition) is 4. The molecule has 6 heteroatoms. The molecule has 0 fully saturated rings. The summed E-state index contributed by atoms with van der Waals surface area (Å²) in [4.78, 5) is 0. The third-order valence-corrected chi connectivity index (χ3v) is 3.18. The Labute approximate surface area is 114 Å². The van der Waals surface area contributed by atoms with Crippen LogP contribution in [0.15, 0.2) is 18.2 Å². The maximum absolute atomic E-state index is 13.0. The average molecular weight is 277 g/mol. The van der Waals surface area contributed by atoms with Crippen LogP contribution in [0.1, 0.15) is 16.7 Å². The van der Waals surface area contributed by atoms with Crippen molar-refractivity contribution in [3.8, 4) is 6.07 Å². The van der Waals surface area contributed by atoms with Crippen LogP contribution in [0.4, 0.5) is 15.9 Å². The van der Waals surface area contributed by atoms with E-state index in [0.29, 0.717) is 16.7 Å². The number of aromatic nitrogens is 2. The molecule has 0 atom stereocenters. The monoisotopic (exact) mass is 276 g/mol. The minimum Gasteiger partial charge on any atom is -0.337 e. The first-order chi connectivity index (χ1) is 9.02. The molecule has 1 aromatic carbocycles. The van der Waals surface area contributed by atoms with E-state index in [-0.39, 0.29) is 5.56 Å². The molecule has 0 radical (unpaired) electrons. The summed E-state index contributed by atoms with van der Waals surface area (Å²) in [5.41, 5.74) is 2.31. The second-order valence-electron chi connectivity index (χ2n) is 4.02. The molecule has 1 N–H and O–H groups in total. The quantitative estimate of drug-likeness (QED) is 0.912. The molecule has 1 aromatic heterocycles. The van der Waals surface area contributed by atoms with Crippen molar-refractivity contribution >= 4 is 23.1 Å². The van der Waals surface area contributed by atoms with Crippen molar-refractivity contribution in [2.24, 2.45) is 0 Å². The maximum atomic E-state index is 13.0. The number of nitrogens with zero attached hydrogens (tertiary/aromatic N) is 3. The third-order valence-electron chi connectivity index (χ3n) is 2.82. The van der Waals surface area contributed by atoms with Gasteiger partial charge in [0, 0.05) is 0 Å². The van der Waals surface area contributed by atoms with Gasteiger partial charge in [-0.05, 0) is 43.2 Å². The Hall–Kier alpha value is -2.19. The summed E-state index contributed by atoms with van der Waals surface area (Å²) in [5.74, 6) is 0.0298. The lowest BCUT2D eigenvalue weighted by atomic mass is 10.1. The molecule has 4 nitrogen and oxygen atoms in total. The first-order valence-electron chi connectivity index (χ1n) is 5.49. The zero-order valence-electron chi connectivity index (χ0n) is 10.3. The highest BCUT2D eigenvalue weighted by Gasteiger charge is 2.10. The molecule has 2 rings (SSSR count). The molecular formula is C13H10ClFN4. The van der Waals surface area contributed by atoms with Crippen molar-refractivity contribution in [1.82, 2.24) is 10.2 Å².